The highest BCUT2D eigenvalue weighted by molar-refractivity contribution is 5.82. The minimum Gasteiger partial charge on any atom is -0.394 e. The molecule has 5 fully saturated rings. The van der Waals surface area contributed by atoms with Crippen LogP contribution >= 0.6 is 0 Å². The topological polar surface area (TPSA) is 243 Å². The molecule has 60 heavy (non-hydrogen) atoms. The molecule has 0 radical (unpaired) electrons. The van der Waals surface area contributed by atoms with Gasteiger partial charge in [-0.25, -0.2) is 0 Å². The summed E-state index contributed by atoms with van der Waals surface area (Å²) in [5.74, 6) is -1.21. The van der Waals surface area contributed by atoms with E-state index in [-0.39, 0.29) is 48.2 Å². The Kier molecular flexibility index (Phi) is 18.6. The fraction of sp³-hybridized carbons (Fsp3) is 0.907. The second-order valence-electron chi connectivity index (χ2n) is 18.3. The number of ether oxygens (including phenoxy) is 5. The maximum Gasteiger partial charge on any atom is 0.251 e. The smallest absolute Gasteiger partial charge is 0.251 e. The molecule has 344 valence electrons. The molecule has 3 heterocycles. The fourth-order valence-corrected chi connectivity index (χ4v) is 9.50. The van der Waals surface area contributed by atoms with Crippen molar-refractivity contribution in [1.82, 2.24) is 15.5 Å². The summed E-state index contributed by atoms with van der Waals surface area (Å²) in [7, 11) is 0. The van der Waals surface area contributed by atoms with Crippen molar-refractivity contribution in [2.24, 2.45) is 23.7 Å². The summed E-state index contributed by atoms with van der Waals surface area (Å²) in [6, 6.07) is -1.18. The number of Topliss-reactive ketones (excluding diaryl/α,β-unsaturated/α-hetero) is 1. The Morgan fingerprint density at radius 3 is 2.20 bits per heavy atom. The predicted octanol–water partition coefficient (Wildman–Crippen LogP) is 1.07. The lowest BCUT2D eigenvalue weighted by atomic mass is 9.74. The van der Waals surface area contributed by atoms with Gasteiger partial charge in [-0.15, -0.1) is 0 Å². The highest BCUT2D eigenvalue weighted by atomic mass is 16.7. The monoisotopic (exact) mass is 856 g/mol. The number of rotatable bonds is 19. The summed E-state index contributed by atoms with van der Waals surface area (Å²) in [6.45, 7) is 9.59. The molecule has 2 saturated carbocycles. The van der Waals surface area contributed by atoms with Crippen molar-refractivity contribution in [2.75, 3.05) is 26.2 Å². The molecule has 3 saturated heterocycles. The van der Waals surface area contributed by atoms with Crippen LogP contribution in [0.25, 0.3) is 0 Å². The largest absolute Gasteiger partial charge is 0.394 e. The zero-order valence-electron chi connectivity index (χ0n) is 36.2. The predicted molar refractivity (Wildman–Crippen MR) is 216 cm³/mol. The van der Waals surface area contributed by atoms with Crippen molar-refractivity contribution in [3.8, 4) is 0 Å². The highest BCUT2D eigenvalue weighted by Crippen LogP contribution is 2.40. The number of aliphatic hydroxyl groups is 5. The van der Waals surface area contributed by atoms with Gasteiger partial charge in [-0.1, -0.05) is 59.3 Å². The summed E-state index contributed by atoms with van der Waals surface area (Å²) < 4.78 is 32.0. The number of likely N-dealkylation sites (tertiary alicyclic amines) is 1. The van der Waals surface area contributed by atoms with Crippen LogP contribution in [0, 0.1) is 23.7 Å². The second kappa shape index (κ2) is 22.9. The van der Waals surface area contributed by atoms with Crippen LogP contribution in [0.15, 0.2) is 0 Å². The van der Waals surface area contributed by atoms with E-state index in [9.17, 15) is 44.7 Å². The van der Waals surface area contributed by atoms with E-state index < -0.39 is 98.1 Å². The number of aliphatic hydroxyl groups excluding tert-OH is 5. The van der Waals surface area contributed by atoms with Gasteiger partial charge in [0.25, 0.3) is 5.91 Å². The van der Waals surface area contributed by atoms with Crippen LogP contribution in [-0.4, -0.2) is 160 Å². The third-order valence-corrected chi connectivity index (χ3v) is 13.1. The van der Waals surface area contributed by atoms with Gasteiger partial charge in [-0.2, -0.15) is 0 Å². The van der Waals surface area contributed by atoms with Crippen LogP contribution in [0.5, 0.6) is 0 Å². The Balaban J connectivity index is 1.42. The highest BCUT2D eigenvalue weighted by Gasteiger charge is 2.53. The van der Waals surface area contributed by atoms with E-state index in [1.54, 1.807) is 11.8 Å². The second-order valence-corrected chi connectivity index (χ2v) is 18.3. The number of amides is 3. The van der Waals surface area contributed by atoms with E-state index in [1.165, 1.54) is 6.92 Å². The number of carbonyl (C=O) groups is 4. The number of nitrogens with zero attached hydrogens (tertiary/aromatic N) is 1. The van der Waals surface area contributed by atoms with Gasteiger partial charge in [0.15, 0.2) is 12.6 Å². The van der Waals surface area contributed by atoms with Crippen LogP contribution in [0.2, 0.25) is 0 Å². The molecule has 0 aromatic heterocycles. The lowest BCUT2D eigenvalue weighted by Gasteiger charge is -2.49. The third kappa shape index (κ3) is 12.7. The number of hydrogen-bond donors (Lipinski definition) is 7. The van der Waals surface area contributed by atoms with Crippen LogP contribution in [0.4, 0.5) is 0 Å². The van der Waals surface area contributed by atoms with Gasteiger partial charge in [-0.3, -0.25) is 19.2 Å². The molecule has 0 bridgehead atoms. The number of carbonyl (C=O) groups excluding carboxylic acids is 4. The maximum absolute atomic E-state index is 13.9. The number of hydrogen-bond acceptors (Lipinski definition) is 14. The van der Waals surface area contributed by atoms with Gasteiger partial charge >= 0.3 is 0 Å². The van der Waals surface area contributed by atoms with E-state index in [2.05, 4.69) is 10.6 Å². The van der Waals surface area contributed by atoms with Crippen molar-refractivity contribution >= 4 is 23.5 Å². The van der Waals surface area contributed by atoms with Crippen molar-refractivity contribution in [3.05, 3.63) is 0 Å². The first-order chi connectivity index (χ1) is 28.6. The summed E-state index contributed by atoms with van der Waals surface area (Å²) in [5.41, 5.74) is 0. The Morgan fingerprint density at radius 2 is 1.58 bits per heavy atom. The minimum atomic E-state index is -1.62. The fourth-order valence-electron chi connectivity index (χ4n) is 9.50. The molecule has 3 aliphatic heterocycles. The quantitative estimate of drug-likeness (QED) is 0.0900. The SMILES string of the molecule is CCC1CC(C(=O)CCCNC(=O)CC(C)C)C[C@@H](O[C@@H]2O[C@@H](CO)[C@H](O)C(O[C@@H](CC3CCCCC3)C(=O)N3CCC3)C2NC(C)=O)[C@@H]1O[C@@H]1OC(C)[C@@H](O)[C@H](O)C1O. The van der Waals surface area contributed by atoms with Gasteiger partial charge in [0.05, 0.1) is 24.9 Å². The van der Waals surface area contributed by atoms with Gasteiger partial charge in [0.1, 0.15) is 54.6 Å². The van der Waals surface area contributed by atoms with Crippen molar-refractivity contribution in [2.45, 2.75) is 198 Å². The van der Waals surface area contributed by atoms with Crippen LogP contribution in [0.3, 0.4) is 0 Å². The Labute approximate surface area is 354 Å². The van der Waals surface area contributed by atoms with Crippen LogP contribution < -0.4 is 10.6 Å². The summed E-state index contributed by atoms with van der Waals surface area (Å²) >= 11 is 0. The molecule has 0 aromatic rings. The number of nitrogens with one attached hydrogen (secondary N) is 2. The molecule has 15 atom stereocenters. The molecule has 0 aromatic carbocycles. The van der Waals surface area contributed by atoms with E-state index >= 15 is 0 Å². The van der Waals surface area contributed by atoms with Crippen molar-refractivity contribution in [1.29, 1.82) is 0 Å². The molecule has 3 amide bonds. The zero-order valence-corrected chi connectivity index (χ0v) is 36.2. The van der Waals surface area contributed by atoms with E-state index in [4.69, 9.17) is 23.7 Å². The zero-order chi connectivity index (χ0) is 43.7. The lowest BCUT2D eigenvalue weighted by molar-refractivity contribution is -0.338. The standard InChI is InChI=1S/C43H73N3O14/c1-6-27-20-28(29(49)14-10-15-44-33(50)18-23(2)3)21-30(39(27)60-43-38(54)37(53)35(51)24(4)56-43)58-42-34(45-25(5)48)40(36(52)32(22-47)59-42)57-31(41(55)46-16-11-17-46)19-26-12-8-7-9-13-26/h23-24,26-28,30-32,34-40,42-43,47,51-54H,6-22H2,1-5H3,(H,44,50)(H,45,48)/t24?,27?,28?,30-,31+,32+,34?,35-,36+,37+,38?,39-,40?,42-,43+/m1/s1. The molecule has 17 heteroatoms. The van der Waals surface area contributed by atoms with E-state index in [0.717, 1.165) is 38.5 Å². The third-order valence-electron chi connectivity index (χ3n) is 13.1. The molecule has 17 nitrogen and oxygen atoms in total. The Hall–Kier alpha value is -2.32. The Bertz CT molecular complexity index is 1400. The molecular weight excluding hydrogens is 782 g/mol. The summed E-state index contributed by atoms with van der Waals surface area (Å²) in [6.07, 6.45) is -6.40. The van der Waals surface area contributed by atoms with Crippen molar-refractivity contribution < 1.29 is 68.4 Å². The number of ketones is 1. The average Bonchev–Trinajstić information content (AvgIpc) is 3.19. The summed E-state index contributed by atoms with van der Waals surface area (Å²) in [5, 5.41) is 60.0. The molecular formula is C43H73N3O14. The average molecular weight is 856 g/mol. The van der Waals surface area contributed by atoms with Crippen LogP contribution in [-0.2, 0) is 42.9 Å². The molecule has 2 aliphatic carbocycles. The van der Waals surface area contributed by atoms with Crippen molar-refractivity contribution in [3.63, 3.8) is 0 Å². The first-order valence-electron chi connectivity index (χ1n) is 22.6. The van der Waals surface area contributed by atoms with Gasteiger partial charge < -0.3 is 64.8 Å². The van der Waals surface area contributed by atoms with Gasteiger partial charge in [-0.05, 0) is 56.8 Å². The normalized spacial score (nSPS) is 37.0. The lowest BCUT2D eigenvalue weighted by Crippen LogP contribution is -2.67. The van der Waals surface area contributed by atoms with Gasteiger partial charge in [0.2, 0.25) is 11.8 Å². The van der Waals surface area contributed by atoms with E-state index in [1.807, 2.05) is 20.8 Å². The first kappa shape index (κ1) is 48.7. The van der Waals surface area contributed by atoms with Gasteiger partial charge in [0, 0.05) is 45.3 Å². The van der Waals surface area contributed by atoms with Crippen LogP contribution in [0.1, 0.15) is 118 Å². The van der Waals surface area contributed by atoms with E-state index in [0.29, 0.717) is 51.7 Å². The summed E-state index contributed by atoms with van der Waals surface area (Å²) in [4.78, 5) is 54.6. The molecule has 0 spiro atoms. The molecule has 7 N–H and O–H groups in total. The Morgan fingerprint density at radius 1 is 0.867 bits per heavy atom. The maximum atomic E-state index is 13.9. The molecule has 5 rings (SSSR count). The molecule has 5 aliphatic rings. The molecule has 6 unspecified atom stereocenters. The minimum absolute atomic E-state index is 0.0392. The first-order valence-corrected chi connectivity index (χ1v) is 22.6.